The Morgan fingerprint density at radius 3 is 2.67 bits per heavy atom. The van der Waals surface area contributed by atoms with Crippen LogP contribution >= 0.6 is 0 Å². The molecule has 114 valence electrons. The molecule has 0 atom stereocenters. The quantitative estimate of drug-likeness (QED) is 0.889. The maximum Gasteiger partial charge on any atom is 0.336 e. The molecule has 0 bridgehead atoms. The van der Waals surface area contributed by atoms with Gasteiger partial charge in [-0.2, -0.15) is 0 Å². The molecule has 0 fully saturated rings. The molecule has 21 heavy (non-hydrogen) atoms. The number of carboxylic acids is 1. The standard InChI is InChI=1S/C16H22N2O3/c1-11(2)18-10-14(21-9-8-17(3)4)15-12(16(19)20)6-5-7-13(15)18/h5-7,10-11H,8-9H2,1-4H3,(H,19,20). The van der Waals surface area contributed by atoms with Crippen LogP contribution in [0.4, 0.5) is 0 Å². The van der Waals surface area contributed by atoms with Gasteiger partial charge in [0.15, 0.2) is 0 Å². The molecule has 0 aliphatic heterocycles. The molecule has 0 radical (unpaired) electrons. The first-order valence-electron chi connectivity index (χ1n) is 7.06. The largest absolute Gasteiger partial charge is 0.490 e. The third-order valence-electron chi connectivity index (χ3n) is 3.41. The Morgan fingerprint density at radius 2 is 2.10 bits per heavy atom. The van der Waals surface area contributed by atoms with Crippen LogP contribution in [0.2, 0.25) is 0 Å². The van der Waals surface area contributed by atoms with Crippen LogP contribution < -0.4 is 4.74 Å². The van der Waals surface area contributed by atoms with Gasteiger partial charge in [0.25, 0.3) is 0 Å². The number of hydrogen-bond acceptors (Lipinski definition) is 3. The number of carboxylic acid groups (broad SMARTS) is 1. The highest BCUT2D eigenvalue weighted by Gasteiger charge is 2.18. The predicted octanol–water partition coefficient (Wildman–Crippen LogP) is 2.86. The van der Waals surface area contributed by atoms with Crippen molar-refractivity contribution >= 4 is 16.9 Å². The van der Waals surface area contributed by atoms with Gasteiger partial charge in [0.05, 0.1) is 16.5 Å². The number of benzene rings is 1. The van der Waals surface area contributed by atoms with Gasteiger partial charge in [0.2, 0.25) is 0 Å². The van der Waals surface area contributed by atoms with Crippen LogP contribution in [0, 0.1) is 0 Å². The summed E-state index contributed by atoms with van der Waals surface area (Å²) in [5.74, 6) is -0.293. The lowest BCUT2D eigenvalue weighted by molar-refractivity contribution is 0.0698. The number of aromatic nitrogens is 1. The molecule has 0 amide bonds. The Bertz CT molecular complexity index is 644. The van der Waals surface area contributed by atoms with Gasteiger partial charge in [0, 0.05) is 18.8 Å². The Morgan fingerprint density at radius 1 is 1.38 bits per heavy atom. The fourth-order valence-corrected chi connectivity index (χ4v) is 2.33. The summed E-state index contributed by atoms with van der Waals surface area (Å²) in [6, 6.07) is 5.56. The number of hydrogen-bond donors (Lipinski definition) is 1. The Hall–Kier alpha value is -2.01. The number of ether oxygens (including phenoxy) is 1. The van der Waals surface area contributed by atoms with Gasteiger partial charge in [-0.1, -0.05) is 6.07 Å². The van der Waals surface area contributed by atoms with Gasteiger partial charge < -0.3 is 19.3 Å². The van der Waals surface area contributed by atoms with Gasteiger partial charge in [-0.15, -0.1) is 0 Å². The summed E-state index contributed by atoms with van der Waals surface area (Å²) in [7, 11) is 3.95. The van der Waals surface area contributed by atoms with Crippen LogP contribution in [-0.4, -0.2) is 47.8 Å². The normalized spacial score (nSPS) is 11.5. The van der Waals surface area contributed by atoms with Crippen LogP contribution in [0.3, 0.4) is 0 Å². The molecule has 0 saturated heterocycles. The molecular formula is C16H22N2O3. The summed E-state index contributed by atoms with van der Waals surface area (Å²) in [5, 5.41) is 10.1. The van der Waals surface area contributed by atoms with E-state index in [0.717, 1.165) is 12.1 Å². The minimum Gasteiger partial charge on any atom is -0.490 e. The maximum atomic E-state index is 11.5. The van der Waals surface area contributed by atoms with E-state index in [1.807, 2.05) is 35.8 Å². The Kier molecular flexibility index (Phi) is 4.53. The van der Waals surface area contributed by atoms with Crippen LogP contribution in [0.15, 0.2) is 24.4 Å². The van der Waals surface area contributed by atoms with Crippen molar-refractivity contribution < 1.29 is 14.6 Å². The van der Waals surface area contributed by atoms with E-state index in [-0.39, 0.29) is 11.6 Å². The molecule has 0 aliphatic rings. The van der Waals surface area contributed by atoms with Gasteiger partial charge >= 0.3 is 5.97 Å². The summed E-state index contributed by atoms with van der Waals surface area (Å²) >= 11 is 0. The predicted molar refractivity (Wildman–Crippen MR) is 83.3 cm³/mol. The zero-order valence-electron chi connectivity index (χ0n) is 13.0. The van der Waals surface area contributed by atoms with Crippen molar-refractivity contribution in [2.75, 3.05) is 27.2 Å². The lowest BCUT2D eigenvalue weighted by Crippen LogP contribution is -2.19. The monoisotopic (exact) mass is 290 g/mol. The topological polar surface area (TPSA) is 54.7 Å². The third kappa shape index (κ3) is 3.19. The first-order chi connectivity index (χ1) is 9.91. The van der Waals surface area contributed by atoms with Gasteiger partial charge in [-0.25, -0.2) is 4.79 Å². The summed E-state index contributed by atoms with van der Waals surface area (Å²) in [6.45, 7) is 5.44. The average molecular weight is 290 g/mol. The van der Waals surface area contributed by atoms with Crippen LogP contribution in [-0.2, 0) is 0 Å². The molecule has 0 saturated carbocycles. The number of rotatable bonds is 6. The fraction of sp³-hybridized carbons (Fsp3) is 0.438. The first kappa shape index (κ1) is 15.4. The molecular weight excluding hydrogens is 268 g/mol. The second kappa shape index (κ2) is 6.18. The minimum atomic E-state index is -0.931. The lowest BCUT2D eigenvalue weighted by atomic mass is 10.1. The molecule has 0 aliphatic carbocycles. The number of likely N-dealkylation sites (N-methyl/N-ethyl adjacent to an activating group) is 1. The Labute approximate surface area is 124 Å². The van der Waals surface area contributed by atoms with E-state index < -0.39 is 5.97 Å². The minimum absolute atomic E-state index is 0.239. The summed E-state index contributed by atoms with van der Waals surface area (Å²) in [4.78, 5) is 13.5. The molecule has 1 heterocycles. The second-order valence-electron chi connectivity index (χ2n) is 5.65. The van der Waals surface area contributed by atoms with Crippen molar-refractivity contribution in [3.8, 4) is 5.75 Å². The maximum absolute atomic E-state index is 11.5. The summed E-state index contributed by atoms with van der Waals surface area (Å²) < 4.78 is 7.87. The summed E-state index contributed by atoms with van der Waals surface area (Å²) in [6.07, 6.45) is 1.90. The molecule has 2 aromatic rings. The van der Waals surface area contributed by atoms with Crippen molar-refractivity contribution in [2.24, 2.45) is 0 Å². The molecule has 0 unspecified atom stereocenters. The van der Waals surface area contributed by atoms with Crippen molar-refractivity contribution in [1.82, 2.24) is 9.47 Å². The van der Waals surface area contributed by atoms with Crippen LogP contribution in [0.1, 0.15) is 30.2 Å². The van der Waals surface area contributed by atoms with E-state index in [1.165, 1.54) is 0 Å². The smallest absolute Gasteiger partial charge is 0.336 e. The third-order valence-corrected chi connectivity index (χ3v) is 3.41. The highest BCUT2D eigenvalue weighted by molar-refractivity contribution is 6.06. The van der Waals surface area contributed by atoms with E-state index in [2.05, 4.69) is 13.8 Å². The van der Waals surface area contributed by atoms with E-state index in [1.54, 1.807) is 12.1 Å². The van der Waals surface area contributed by atoms with Crippen molar-refractivity contribution in [1.29, 1.82) is 0 Å². The molecule has 1 aromatic heterocycles. The number of nitrogens with zero attached hydrogens (tertiary/aromatic N) is 2. The fourth-order valence-electron chi connectivity index (χ4n) is 2.33. The van der Waals surface area contributed by atoms with Gasteiger partial charge in [-0.3, -0.25) is 0 Å². The van der Waals surface area contributed by atoms with Crippen LogP contribution in [0.25, 0.3) is 10.9 Å². The molecule has 5 heteroatoms. The van der Waals surface area contributed by atoms with E-state index in [9.17, 15) is 9.90 Å². The summed E-state index contributed by atoms with van der Waals surface area (Å²) in [5.41, 5.74) is 1.18. The van der Waals surface area contributed by atoms with E-state index in [4.69, 9.17) is 4.74 Å². The number of fused-ring (bicyclic) bond motifs is 1. The van der Waals surface area contributed by atoms with Gasteiger partial charge in [-0.05, 0) is 40.1 Å². The van der Waals surface area contributed by atoms with Gasteiger partial charge in [0.1, 0.15) is 12.4 Å². The highest BCUT2D eigenvalue weighted by Crippen LogP contribution is 2.33. The average Bonchev–Trinajstić information content (AvgIpc) is 2.77. The molecule has 2 rings (SSSR count). The zero-order valence-corrected chi connectivity index (χ0v) is 13.0. The molecule has 5 nitrogen and oxygen atoms in total. The van der Waals surface area contributed by atoms with Crippen LogP contribution in [0.5, 0.6) is 5.75 Å². The molecule has 1 N–H and O–H groups in total. The zero-order chi connectivity index (χ0) is 15.6. The number of aromatic carboxylic acids is 1. The van der Waals surface area contributed by atoms with Crippen molar-refractivity contribution in [2.45, 2.75) is 19.9 Å². The molecule has 0 spiro atoms. The highest BCUT2D eigenvalue weighted by atomic mass is 16.5. The molecule has 1 aromatic carbocycles. The van der Waals surface area contributed by atoms with Crippen molar-refractivity contribution in [3.05, 3.63) is 30.0 Å². The van der Waals surface area contributed by atoms with Crippen molar-refractivity contribution in [3.63, 3.8) is 0 Å². The Balaban J connectivity index is 2.50. The van der Waals surface area contributed by atoms with E-state index >= 15 is 0 Å². The SMILES string of the molecule is CC(C)n1cc(OCCN(C)C)c2c(C(=O)O)cccc21. The van der Waals surface area contributed by atoms with E-state index in [0.29, 0.717) is 17.7 Å². The second-order valence-corrected chi connectivity index (χ2v) is 5.65. The number of carbonyl (C=O) groups is 1. The lowest BCUT2D eigenvalue weighted by Gasteiger charge is -2.10. The first-order valence-corrected chi connectivity index (χ1v) is 7.06.